The van der Waals surface area contributed by atoms with Crippen molar-refractivity contribution in [3.63, 3.8) is 0 Å². The first-order valence-corrected chi connectivity index (χ1v) is 6.70. The van der Waals surface area contributed by atoms with Crippen molar-refractivity contribution in [3.8, 4) is 0 Å². The minimum absolute atomic E-state index is 0.216. The number of hydrogen-bond donors (Lipinski definition) is 1. The molecule has 1 aromatic heterocycles. The van der Waals surface area contributed by atoms with Crippen LogP contribution in [0.2, 0.25) is 0 Å². The number of hydrogen-bond acceptors (Lipinski definition) is 6. The van der Waals surface area contributed by atoms with Crippen molar-refractivity contribution in [2.75, 3.05) is 24.3 Å². The van der Waals surface area contributed by atoms with E-state index in [2.05, 4.69) is 25.7 Å². The standard InChI is InChI=1S/C15H16N4O2/c1-21-15(20)13-7-17-8-14(18-13)19-6-5-11-10(9-19)3-2-4-12(11)16/h2-4,7-8H,5-6,9,16H2,1H3. The number of nitrogen functional groups attached to an aromatic ring is 1. The largest absolute Gasteiger partial charge is 0.464 e. The van der Waals surface area contributed by atoms with Crippen LogP contribution in [-0.2, 0) is 17.7 Å². The molecule has 0 saturated carbocycles. The molecule has 0 spiro atoms. The van der Waals surface area contributed by atoms with Crippen molar-refractivity contribution < 1.29 is 9.53 Å². The number of carbonyl (C=O) groups excluding carboxylic acids is 1. The minimum Gasteiger partial charge on any atom is -0.464 e. The summed E-state index contributed by atoms with van der Waals surface area (Å²) in [5, 5.41) is 0. The molecule has 2 aromatic rings. The second-order valence-electron chi connectivity index (χ2n) is 4.91. The number of esters is 1. The van der Waals surface area contributed by atoms with E-state index in [1.54, 1.807) is 6.20 Å². The molecule has 21 heavy (non-hydrogen) atoms. The number of carbonyl (C=O) groups is 1. The van der Waals surface area contributed by atoms with Crippen molar-refractivity contribution in [2.45, 2.75) is 13.0 Å². The second kappa shape index (κ2) is 5.40. The average molecular weight is 284 g/mol. The van der Waals surface area contributed by atoms with Crippen LogP contribution >= 0.6 is 0 Å². The van der Waals surface area contributed by atoms with Gasteiger partial charge in [0.05, 0.1) is 19.5 Å². The van der Waals surface area contributed by atoms with Gasteiger partial charge in [-0.1, -0.05) is 12.1 Å². The Morgan fingerprint density at radius 2 is 2.24 bits per heavy atom. The van der Waals surface area contributed by atoms with Crippen LogP contribution in [0.3, 0.4) is 0 Å². The van der Waals surface area contributed by atoms with E-state index < -0.39 is 5.97 Å². The van der Waals surface area contributed by atoms with E-state index in [1.807, 2.05) is 12.1 Å². The maximum Gasteiger partial charge on any atom is 0.358 e. The second-order valence-corrected chi connectivity index (χ2v) is 4.91. The summed E-state index contributed by atoms with van der Waals surface area (Å²) in [5.41, 5.74) is 9.44. The topological polar surface area (TPSA) is 81.3 Å². The molecule has 1 aromatic carbocycles. The fraction of sp³-hybridized carbons (Fsp3) is 0.267. The highest BCUT2D eigenvalue weighted by atomic mass is 16.5. The van der Waals surface area contributed by atoms with Gasteiger partial charge in [0.15, 0.2) is 5.69 Å². The van der Waals surface area contributed by atoms with E-state index in [-0.39, 0.29) is 5.69 Å². The van der Waals surface area contributed by atoms with Gasteiger partial charge in [0.25, 0.3) is 0 Å². The third-order valence-corrected chi connectivity index (χ3v) is 3.64. The molecule has 0 atom stereocenters. The summed E-state index contributed by atoms with van der Waals surface area (Å²) < 4.78 is 4.67. The zero-order valence-electron chi connectivity index (χ0n) is 11.7. The molecule has 0 unspecified atom stereocenters. The number of methoxy groups -OCH3 is 1. The molecule has 3 rings (SSSR count). The summed E-state index contributed by atoms with van der Waals surface area (Å²) >= 11 is 0. The Labute approximate surface area is 122 Å². The quantitative estimate of drug-likeness (QED) is 0.663. The number of aromatic nitrogens is 2. The fourth-order valence-electron chi connectivity index (χ4n) is 2.55. The number of nitrogens with zero attached hydrogens (tertiary/aromatic N) is 3. The Hall–Kier alpha value is -2.63. The predicted octanol–water partition coefficient (Wildman–Crippen LogP) is 1.41. The molecule has 0 amide bonds. The maximum absolute atomic E-state index is 11.5. The average Bonchev–Trinajstić information content (AvgIpc) is 2.54. The molecular formula is C15H16N4O2. The summed E-state index contributed by atoms with van der Waals surface area (Å²) in [7, 11) is 1.33. The van der Waals surface area contributed by atoms with Crippen LogP contribution < -0.4 is 10.6 Å². The van der Waals surface area contributed by atoms with Crippen LogP contribution in [0.25, 0.3) is 0 Å². The van der Waals surface area contributed by atoms with E-state index in [9.17, 15) is 4.79 Å². The highest BCUT2D eigenvalue weighted by Gasteiger charge is 2.20. The number of ether oxygens (including phenoxy) is 1. The van der Waals surface area contributed by atoms with Crippen molar-refractivity contribution in [2.24, 2.45) is 0 Å². The first-order chi connectivity index (χ1) is 10.2. The smallest absolute Gasteiger partial charge is 0.358 e. The van der Waals surface area contributed by atoms with Crippen LogP contribution in [0.5, 0.6) is 0 Å². The molecule has 2 N–H and O–H groups in total. The van der Waals surface area contributed by atoms with Crippen LogP contribution in [0, 0.1) is 0 Å². The van der Waals surface area contributed by atoms with Crippen molar-refractivity contribution in [1.82, 2.24) is 9.97 Å². The molecule has 2 heterocycles. The summed E-state index contributed by atoms with van der Waals surface area (Å²) in [6.45, 7) is 1.50. The molecule has 0 bridgehead atoms. The lowest BCUT2D eigenvalue weighted by Gasteiger charge is -2.30. The van der Waals surface area contributed by atoms with Gasteiger partial charge in [-0.2, -0.15) is 0 Å². The lowest BCUT2D eigenvalue weighted by Crippen LogP contribution is -2.32. The Morgan fingerprint density at radius 3 is 3.05 bits per heavy atom. The van der Waals surface area contributed by atoms with Crippen molar-refractivity contribution in [3.05, 3.63) is 47.4 Å². The highest BCUT2D eigenvalue weighted by molar-refractivity contribution is 5.87. The van der Waals surface area contributed by atoms with Crippen LogP contribution in [0.4, 0.5) is 11.5 Å². The number of nitrogens with two attached hydrogens (primary N) is 1. The number of rotatable bonds is 2. The van der Waals surface area contributed by atoms with Crippen LogP contribution in [-0.4, -0.2) is 29.6 Å². The lowest BCUT2D eigenvalue weighted by molar-refractivity contribution is 0.0593. The molecule has 0 fully saturated rings. The summed E-state index contributed by atoms with van der Waals surface area (Å²) in [6.07, 6.45) is 3.92. The molecule has 6 nitrogen and oxygen atoms in total. The third kappa shape index (κ3) is 2.52. The van der Waals surface area contributed by atoms with E-state index in [0.29, 0.717) is 12.4 Å². The summed E-state index contributed by atoms with van der Waals surface area (Å²) in [4.78, 5) is 22.0. The lowest BCUT2D eigenvalue weighted by atomic mass is 9.98. The van der Waals surface area contributed by atoms with E-state index in [4.69, 9.17) is 5.73 Å². The van der Waals surface area contributed by atoms with Crippen molar-refractivity contribution >= 4 is 17.5 Å². The van der Waals surface area contributed by atoms with Gasteiger partial charge in [-0.25, -0.2) is 9.78 Å². The van der Waals surface area contributed by atoms with Gasteiger partial charge >= 0.3 is 5.97 Å². The van der Waals surface area contributed by atoms with Gasteiger partial charge in [-0.3, -0.25) is 4.98 Å². The van der Waals surface area contributed by atoms with Crippen LogP contribution in [0.15, 0.2) is 30.6 Å². The monoisotopic (exact) mass is 284 g/mol. The van der Waals surface area contributed by atoms with Crippen LogP contribution in [0.1, 0.15) is 21.6 Å². The highest BCUT2D eigenvalue weighted by Crippen LogP contribution is 2.26. The molecule has 1 aliphatic rings. The molecular weight excluding hydrogens is 268 g/mol. The third-order valence-electron chi connectivity index (χ3n) is 3.64. The fourth-order valence-corrected chi connectivity index (χ4v) is 2.55. The Balaban J connectivity index is 1.88. The number of fused-ring (bicyclic) bond motifs is 1. The van der Waals surface area contributed by atoms with Gasteiger partial charge in [-0.15, -0.1) is 0 Å². The van der Waals surface area contributed by atoms with Gasteiger partial charge in [0, 0.05) is 18.8 Å². The van der Waals surface area contributed by atoms with E-state index in [1.165, 1.54) is 24.4 Å². The first kappa shape index (κ1) is 13.4. The normalized spacial score (nSPS) is 13.7. The van der Waals surface area contributed by atoms with Gasteiger partial charge < -0.3 is 15.4 Å². The van der Waals surface area contributed by atoms with E-state index >= 15 is 0 Å². The Bertz CT molecular complexity index is 687. The molecule has 0 radical (unpaired) electrons. The Kier molecular flexibility index (Phi) is 3.43. The Morgan fingerprint density at radius 1 is 1.38 bits per heavy atom. The summed E-state index contributed by atoms with van der Waals surface area (Å²) in [5.74, 6) is 0.192. The minimum atomic E-state index is -0.481. The SMILES string of the molecule is COC(=O)c1cncc(N2CCc3c(N)cccc3C2)n1. The zero-order chi connectivity index (χ0) is 14.8. The zero-order valence-corrected chi connectivity index (χ0v) is 11.7. The van der Waals surface area contributed by atoms with Gasteiger partial charge in [0.2, 0.25) is 0 Å². The first-order valence-electron chi connectivity index (χ1n) is 6.70. The number of anilines is 2. The molecule has 6 heteroatoms. The van der Waals surface area contributed by atoms with Crippen molar-refractivity contribution in [1.29, 1.82) is 0 Å². The van der Waals surface area contributed by atoms with Gasteiger partial charge in [-0.05, 0) is 23.6 Å². The molecule has 0 saturated heterocycles. The number of benzene rings is 1. The van der Waals surface area contributed by atoms with Gasteiger partial charge in [0.1, 0.15) is 5.82 Å². The predicted molar refractivity (Wildman–Crippen MR) is 79.0 cm³/mol. The maximum atomic E-state index is 11.5. The molecule has 0 aliphatic carbocycles. The molecule has 1 aliphatic heterocycles. The van der Waals surface area contributed by atoms with E-state index in [0.717, 1.165) is 18.7 Å². The molecule has 108 valence electrons. The summed E-state index contributed by atoms with van der Waals surface area (Å²) in [6, 6.07) is 5.94.